The molecule has 0 aromatic heterocycles. The van der Waals surface area contributed by atoms with Crippen molar-refractivity contribution in [1.29, 1.82) is 0 Å². The van der Waals surface area contributed by atoms with Gasteiger partial charge in [0.1, 0.15) is 0 Å². The van der Waals surface area contributed by atoms with Crippen molar-refractivity contribution in [3.05, 3.63) is 70.2 Å². The van der Waals surface area contributed by atoms with Gasteiger partial charge in [-0.2, -0.15) is 0 Å². The number of likely N-dealkylation sites (tertiary alicyclic amines) is 1. The number of amides is 2. The largest absolute Gasteiger partial charge is 0.349 e. The molecule has 1 aliphatic heterocycles. The fourth-order valence-corrected chi connectivity index (χ4v) is 3.57. The van der Waals surface area contributed by atoms with Gasteiger partial charge in [-0.05, 0) is 43.9 Å². The Morgan fingerprint density at radius 1 is 1.07 bits per heavy atom. The number of nitrogens with one attached hydrogen (secondary N) is 1. The van der Waals surface area contributed by atoms with Gasteiger partial charge in [0.2, 0.25) is 5.91 Å². The Kier molecular flexibility index (Phi) is 6.51. The van der Waals surface area contributed by atoms with E-state index in [0.717, 1.165) is 19.3 Å². The molecule has 1 aliphatic rings. The van der Waals surface area contributed by atoms with Gasteiger partial charge >= 0.3 is 0 Å². The van der Waals surface area contributed by atoms with E-state index in [1.807, 2.05) is 4.90 Å². The van der Waals surface area contributed by atoms with Crippen molar-refractivity contribution in [3.8, 4) is 0 Å². The number of carbonyl (C=O) groups excluding carboxylic acids is 2. The van der Waals surface area contributed by atoms with Gasteiger partial charge in [0, 0.05) is 25.6 Å². The molecule has 3 rings (SSSR count). The highest BCUT2D eigenvalue weighted by Crippen LogP contribution is 2.17. The Morgan fingerprint density at radius 2 is 1.74 bits per heavy atom. The van der Waals surface area contributed by atoms with Gasteiger partial charge in [-0.1, -0.05) is 53.6 Å². The Bertz CT molecular complexity index is 796. The number of hydrogen-bond acceptors (Lipinski definition) is 2. The molecule has 1 saturated heterocycles. The summed E-state index contributed by atoms with van der Waals surface area (Å²) in [5.74, 6) is 0.0382. The van der Waals surface area contributed by atoms with Crippen molar-refractivity contribution < 1.29 is 9.59 Å². The van der Waals surface area contributed by atoms with Crippen LogP contribution in [0.4, 0.5) is 0 Å². The highest BCUT2D eigenvalue weighted by molar-refractivity contribution is 6.33. The van der Waals surface area contributed by atoms with Crippen LogP contribution in [0.2, 0.25) is 5.02 Å². The van der Waals surface area contributed by atoms with Crippen LogP contribution in [0.5, 0.6) is 0 Å². The first-order chi connectivity index (χ1) is 13.0. The van der Waals surface area contributed by atoms with Gasteiger partial charge in [0.15, 0.2) is 0 Å². The average molecular weight is 385 g/mol. The maximum atomic E-state index is 12.5. The first-order valence-corrected chi connectivity index (χ1v) is 9.79. The van der Waals surface area contributed by atoms with Gasteiger partial charge in [0.05, 0.1) is 10.6 Å². The van der Waals surface area contributed by atoms with E-state index in [4.69, 9.17) is 11.6 Å². The van der Waals surface area contributed by atoms with Crippen molar-refractivity contribution in [3.63, 3.8) is 0 Å². The number of carbonyl (C=O) groups is 2. The minimum absolute atomic E-state index is 0.0786. The van der Waals surface area contributed by atoms with Crippen molar-refractivity contribution in [2.45, 2.75) is 38.6 Å². The molecule has 2 aromatic carbocycles. The predicted molar refractivity (Wildman–Crippen MR) is 108 cm³/mol. The number of piperidine rings is 1. The number of aryl methyl sites for hydroxylation is 2. The van der Waals surface area contributed by atoms with Crippen LogP contribution in [0.1, 0.15) is 40.7 Å². The lowest BCUT2D eigenvalue weighted by Crippen LogP contribution is -2.46. The third-order valence-electron chi connectivity index (χ3n) is 5.05. The standard InChI is InChI=1S/C22H25ClN2O2/c1-16-6-8-17(9-7-16)10-11-21(26)25-14-12-18(13-15-25)24-22(27)19-4-2-3-5-20(19)23/h2-9,18H,10-15H2,1H3,(H,24,27). The summed E-state index contributed by atoms with van der Waals surface area (Å²) in [6, 6.07) is 15.4. The molecule has 2 amide bonds. The first-order valence-electron chi connectivity index (χ1n) is 9.41. The molecule has 27 heavy (non-hydrogen) atoms. The van der Waals surface area contributed by atoms with Crippen LogP contribution in [0.15, 0.2) is 48.5 Å². The minimum atomic E-state index is -0.148. The fourth-order valence-electron chi connectivity index (χ4n) is 3.35. The number of nitrogens with zero attached hydrogens (tertiary/aromatic N) is 1. The molecule has 0 saturated carbocycles. The molecule has 1 N–H and O–H groups in total. The maximum Gasteiger partial charge on any atom is 0.253 e. The molecule has 142 valence electrons. The first kappa shape index (κ1) is 19.4. The van der Waals surface area contributed by atoms with Gasteiger partial charge in [-0.3, -0.25) is 9.59 Å². The summed E-state index contributed by atoms with van der Waals surface area (Å²) in [6.07, 6.45) is 2.83. The molecule has 1 fully saturated rings. The van der Waals surface area contributed by atoms with Crippen molar-refractivity contribution in [2.24, 2.45) is 0 Å². The highest BCUT2D eigenvalue weighted by Gasteiger charge is 2.24. The monoisotopic (exact) mass is 384 g/mol. The van der Waals surface area contributed by atoms with E-state index in [9.17, 15) is 9.59 Å². The zero-order valence-corrected chi connectivity index (χ0v) is 16.3. The lowest BCUT2D eigenvalue weighted by Gasteiger charge is -2.32. The van der Waals surface area contributed by atoms with E-state index in [0.29, 0.717) is 30.1 Å². The minimum Gasteiger partial charge on any atom is -0.349 e. The quantitative estimate of drug-likeness (QED) is 0.846. The average Bonchev–Trinajstić information content (AvgIpc) is 2.68. The molecule has 0 bridgehead atoms. The predicted octanol–water partition coefficient (Wildman–Crippen LogP) is 4.00. The van der Waals surface area contributed by atoms with Crippen LogP contribution in [0, 0.1) is 6.92 Å². The Labute approximate surface area is 165 Å². The fraction of sp³-hybridized carbons (Fsp3) is 0.364. The third-order valence-corrected chi connectivity index (χ3v) is 5.38. The normalized spacial score (nSPS) is 14.8. The molecular formula is C22H25ClN2O2. The third kappa shape index (κ3) is 5.33. The maximum absolute atomic E-state index is 12.5. The SMILES string of the molecule is Cc1ccc(CCC(=O)N2CCC(NC(=O)c3ccccc3Cl)CC2)cc1. The number of halogens is 1. The Balaban J connectivity index is 1.44. The second kappa shape index (κ2) is 9.05. The molecule has 5 heteroatoms. The number of hydrogen-bond donors (Lipinski definition) is 1. The van der Waals surface area contributed by atoms with Crippen LogP contribution in [-0.4, -0.2) is 35.8 Å². The van der Waals surface area contributed by atoms with Crippen molar-refractivity contribution in [1.82, 2.24) is 10.2 Å². The molecule has 0 radical (unpaired) electrons. The van der Waals surface area contributed by atoms with E-state index in [1.165, 1.54) is 11.1 Å². The van der Waals surface area contributed by atoms with Crippen molar-refractivity contribution >= 4 is 23.4 Å². The Hall–Kier alpha value is -2.33. The molecule has 0 aliphatic carbocycles. The lowest BCUT2D eigenvalue weighted by atomic mass is 10.0. The van der Waals surface area contributed by atoms with Crippen LogP contribution >= 0.6 is 11.6 Å². The van der Waals surface area contributed by atoms with E-state index < -0.39 is 0 Å². The van der Waals surface area contributed by atoms with Gasteiger partial charge < -0.3 is 10.2 Å². The Morgan fingerprint density at radius 3 is 2.41 bits per heavy atom. The van der Waals surface area contributed by atoms with Gasteiger partial charge in [-0.25, -0.2) is 0 Å². The van der Waals surface area contributed by atoms with Crippen LogP contribution < -0.4 is 5.32 Å². The van der Waals surface area contributed by atoms with E-state index in [1.54, 1.807) is 24.3 Å². The topological polar surface area (TPSA) is 49.4 Å². The number of benzene rings is 2. The lowest BCUT2D eigenvalue weighted by molar-refractivity contribution is -0.132. The summed E-state index contributed by atoms with van der Waals surface area (Å²) in [7, 11) is 0. The molecule has 2 aromatic rings. The molecule has 4 nitrogen and oxygen atoms in total. The van der Waals surface area contributed by atoms with E-state index in [-0.39, 0.29) is 17.9 Å². The zero-order chi connectivity index (χ0) is 19.2. The molecular weight excluding hydrogens is 360 g/mol. The summed E-state index contributed by atoms with van der Waals surface area (Å²) in [6.45, 7) is 3.42. The van der Waals surface area contributed by atoms with Crippen LogP contribution in [-0.2, 0) is 11.2 Å². The molecule has 1 heterocycles. The summed E-state index contributed by atoms with van der Waals surface area (Å²) in [4.78, 5) is 26.7. The summed E-state index contributed by atoms with van der Waals surface area (Å²) >= 11 is 6.08. The van der Waals surface area contributed by atoms with Gasteiger partial charge in [-0.15, -0.1) is 0 Å². The summed E-state index contributed by atoms with van der Waals surface area (Å²) in [5.41, 5.74) is 2.91. The van der Waals surface area contributed by atoms with Crippen LogP contribution in [0.25, 0.3) is 0 Å². The van der Waals surface area contributed by atoms with Crippen LogP contribution in [0.3, 0.4) is 0 Å². The van der Waals surface area contributed by atoms with Crippen molar-refractivity contribution in [2.75, 3.05) is 13.1 Å². The highest BCUT2D eigenvalue weighted by atomic mass is 35.5. The van der Waals surface area contributed by atoms with E-state index >= 15 is 0 Å². The summed E-state index contributed by atoms with van der Waals surface area (Å²) in [5, 5.41) is 3.49. The molecule has 0 unspecified atom stereocenters. The number of rotatable bonds is 5. The van der Waals surface area contributed by atoms with E-state index in [2.05, 4.69) is 36.5 Å². The summed E-state index contributed by atoms with van der Waals surface area (Å²) < 4.78 is 0. The van der Waals surface area contributed by atoms with Gasteiger partial charge in [0.25, 0.3) is 5.91 Å². The smallest absolute Gasteiger partial charge is 0.253 e. The molecule has 0 atom stereocenters. The second-order valence-corrected chi connectivity index (χ2v) is 7.50. The molecule has 0 spiro atoms. The second-order valence-electron chi connectivity index (χ2n) is 7.09. The zero-order valence-electron chi connectivity index (χ0n) is 15.6.